The number of ether oxygens (including phenoxy) is 1. The Hall–Kier alpha value is -0.410. The molecule has 1 aromatic rings. The third-order valence-electron chi connectivity index (χ3n) is 3.61. The molecule has 0 spiro atoms. The molecule has 21 heavy (non-hydrogen) atoms. The summed E-state index contributed by atoms with van der Waals surface area (Å²) in [4.78, 5) is 0.200. The van der Waals surface area contributed by atoms with Crippen LogP contribution >= 0.6 is 15.9 Å². The van der Waals surface area contributed by atoms with Gasteiger partial charge in [0.05, 0.1) is 12.6 Å². The zero-order chi connectivity index (χ0) is 15.5. The summed E-state index contributed by atoms with van der Waals surface area (Å²) in [6.45, 7) is 4.24. The van der Waals surface area contributed by atoms with Crippen molar-refractivity contribution in [3.8, 4) is 0 Å². The zero-order valence-electron chi connectivity index (χ0n) is 12.3. The maximum Gasteiger partial charge on any atom is 0.247 e. The summed E-state index contributed by atoms with van der Waals surface area (Å²) < 4.78 is 37.8. The molecule has 0 amide bonds. The monoisotopic (exact) mass is 380 g/mol. The minimum absolute atomic E-state index is 0.147. The molecular weight excluding hydrogens is 360 g/mol. The number of piperidine rings is 1. The van der Waals surface area contributed by atoms with Crippen LogP contribution in [0.25, 0.3) is 0 Å². The van der Waals surface area contributed by atoms with Gasteiger partial charge in [0, 0.05) is 26.3 Å². The van der Waals surface area contributed by atoms with Crippen LogP contribution < -0.4 is 5.32 Å². The molecule has 1 aliphatic rings. The number of furan rings is 1. The highest BCUT2D eigenvalue weighted by molar-refractivity contribution is 9.10. The third kappa shape index (κ3) is 3.87. The van der Waals surface area contributed by atoms with Gasteiger partial charge in [-0.15, -0.1) is 0 Å². The molecule has 2 rings (SSSR count). The van der Waals surface area contributed by atoms with Crippen LogP contribution in [-0.4, -0.2) is 45.6 Å². The minimum Gasteiger partial charge on any atom is -0.452 e. The van der Waals surface area contributed by atoms with Gasteiger partial charge in [0.25, 0.3) is 0 Å². The maximum absolute atomic E-state index is 12.7. The highest BCUT2D eigenvalue weighted by Crippen LogP contribution is 2.30. The van der Waals surface area contributed by atoms with E-state index in [1.165, 1.54) is 4.31 Å². The molecule has 0 radical (unpaired) electrons. The van der Waals surface area contributed by atoms with Crippen LogP contribution in [-0.2, 0) is 21.3 Å². The number of nitrogens with one attached hydrogen (secondary N) is 1. The van der Waals surface area contributed by atoms with E-state index in [9.17, 15) is 8.42 Å². The molecule has 1 saturated heterocycles. The Morgan fingerprint density at radius 2 is 2.14 bits per heavy atom. The molecule has 0 aromatic carbocycles. The normalized spacial score (nSPS) is 18.2. The molecule has 1 N–H and O–H groups in total. The van der Waals surface area contributed by atoms with Gasteiger partial charge < -0.3 is 14.5 Å². The first-order valence-corrected chi connectivity index (χ1v) is 9.24. The van der Waals surface area contributed by atoms with Crippen molar-refractivity contribution in [2.45, 2.75) is 37.3 Å². The van der Waals surface area contributed by atoms with E-state index >= 15 is 0 Å². The van der Waals surface area contributed by atoms with Crippen molar-refractivity contribution in [2.24, 2.45) is 0 Å². The van der Waals surface area contributed by atoms with E-state index in [0.29, 0.717) is 25.4 Å². The largest absolute Gasteiger partial charge is 0.452 e. The Kier molecular flexibility index (Phi) is 5.84. The van der Waals surface area contributed by atoms with Crippen LogP contribution in [0.5, 0.6) is 0 Å². The Balaban J connectivity index is 2.14. The average molecular weight is 381 g/mol. The first kappa shape index (κ1) is 17.0. The molecular formula is C13H21BrN2O4S. The van der Waals surface area contributed by atoms with Gasteiger partial charge in [0.2, 0.25) is 10.0 Å². The fourth-order valence-corrected chi connectivity index (χ4v) is 4.79. The molecule has 0 saturated carbocycles. The number of nitrogens with zero attached hydrogens (tertiary/aromatic N) is 1. The van der Waals surface area contributed by atoms with E-state index in [1.807, 2.05) is 6.92 Å². The van der Waals surface area contributed by atoms with E-state index in [0.717, 1.165) is 19.4 Å². The number of sulfonamides is 1. The van der Waals surface area contributed by atoms with Crippen LogP contribution in [0.3, 0.4) is 0 Å². The Bertz CT molecular complexity index is 565. The van der Waals surface area contributed by atoms with Crippen molar-refractivity contribution in [3.05, 3.63) is 16.5 Å². The molecule has 8 heteroatoms. The van der Waals surface area contributed by atoms with Gasteiger partial charge in [-0.2, -0.15) is 4.31 Å². The van der Waals surface area contributed by atoms with Crippen molar-refractivity contribution in [3.63, 3.8) is 0 Å². The highest BCUT2D eigenvalue weighted by Gasteiger charge is 2.32. The number of halogens is 1. The van der Waals surface area contributed by atoms with Crippen molar-refractivity contribution < 1.29 is 17.6 Å². The van der Waals surface area contributed by atoms with Gasteiger partial charge >= 0.3 is 0 Å². The van der Waals surface area contributed by atoms with Crippen molar-refractivity contribution in [1.82, 2.24) is 9.62 Å². The highest BCUT2D eigenvalue weighted by atomic mass is 79.9. The molecule has 0 unspecified atom stereocenters. The lowest BCUT2D eigenvalue weighted by atomic mass is 10.1. The van der Waals surface area contributed by atoms with Gasteiger partial charge in [-0.25, -0.2) is 8.42 Å². The molecule has 6 nitrogen and oxygen atoms in total. The first-order chi connectivity index (χ1) is 9.98. The van der Waals surface area contributed by atoms with Crippen LogP contribution in [0, 0.1) is 0 Å². The Labute approximate surface area is 134 Å². The SMILES string of the molecule is CCNCc1cc(S(=O)(=O)N2CCC(OC)CC2)c(Br)o1. The molecule has 1 fully saturated rings. The van der Waals surface area contributed by atoms with Gasteiger partial charge in [-0.05, 0) is 35.3 Å². The van der Waals surface area contributed by atoms with Crippen LogP contribution in [0.15, 0.2) is 20.0 Å². The van der Waals surface area contributed by atoms with Gasteiger partial charge in [0.15, 0.2) is 4.67 Å². The van der Waals surface area contributed by atoms with Crippen molar-refractivity contribution in [2.75, 3.05) is 26.7 Å². The van der Waals surface area contributed by atoms with Gasteiger partial charge in [0.1, 0.15) is 10.7 Å². The summed E-state index contributed by atoms with van der Waals surface area (Å²) in [7, 11) is -1.86. The number of methoxy groups -OCH3 is 1. The summed E-state index contributed by atoms with van der Waals surface area (Å²) >= 11 is 3.21. The van der Waals surface area contributed by atoms with Crippen LogP contribution in [0.2, 0.25) is 0 Å². The Morgan fingerprint density at radius 1 is 1.48 bits per heavy atom. The fraction of sp³-hybridized carbons (Fsp3) is 0.692. The van der Waals surface area contributed by atoms with Gasteiger partial charge in [-0.1, -0.05) is 6.92 Å². The zero-order valence-corrected chi connectivity index (χ0v) is 14.7. The van der Waals surface area contributed by atoms with Crippen molar-refractivity contribution >= 4 is 26.0 Å². The number of hydrogen-bond acceptors (Lipinski definition) is 5. The maximum atomic E-state index is 12.7. The predicted molar refractivity (Wildman–Crippen MR) is 82.6 cm³/mol. The summed E-state index contributed by atoms with van der Waals surface area (Å²) in [5.74, 6) is 0.606. The molecule has 0 aliphatic carbocycles. The summed E-state index contributed by atoms with van der Waals surface area (Å²) in [5, 5.41) is 3.11. The fourth-order valence-electron chi connectivity index (χ4n) is 2.36. The van der Waals surface area contributed by atoms with Crippen molar-refractivity contribution in [1.29, 1.82) is 0 Å². The molecule has 1 aliphatic heterocycles. The topological polar surface area (TPSA) is 71.8 Å². The van der Waals surface area contributed by atoms with Gasteiger partial charge in [-0.3, -0.25) is 0 Å². The number of hydrogen-bond donors (Lipinski definition) is 1. The van der Waals surface area contributed by atoms with Crippen LogP contribution in [0.4, 0.5) is 0 Å². The lowest BCUT2D eigenvalue weighted by molar-refractivity contribution is 0.0604. The molecule has 1 aromatic heterocycles. The van der Waals surface area contributed by atoms with E-state index in [1.54, 1.807) is 13.2 Å². The lowest BCUT2D eigenvalue weighted by Crippen LogP contribution is -2.40. The minimum atomic E-state index is -3.52. The first-order valence-electron chi connectivity index (χ1n) is 7.01. The molecule has 0 atom stereocenters. The second-order valence-electron chi connectivity index (χ2n) is 4.97. The Morgan fingerprint density at radius 3 is 2.71 bits per heavy atom. The summed E-state index contributed by atoms with van der Waals surface area (Å²) in [5.41, 5.74) is 0. The standard InChI is InChI=1S/C13H21BrN2O4S/c1-3-15-9-11-8-12(13(14)20-11)21(17,18)16-6-4-10(19-2)5-7-16/h8,10,15H,3-7,9H2,1-2H3. The molecule has 2 heterocycles. The molecule has 0 bridgehead atoms. The summed E-state index contributed by atoms with van der Waals surface area (Å²) in [6, 6.07) is 1.59. The van der Waals surface area contributed by atoms with E-state index in [2.05, 4.69) is 21.2 Å². The second kappa shape index (κ2) is 7.23. The smallest absolute Gasteiger partial charge is 0.247 e. The quantitative estimate of drug-likeness (QED) is 0.816. The lowest BCUT2D eigenvalue weighted by Gasteiger charge is -2.30. The van der Waals surface area contributed by atoms with Crippen LogP contribution in [0.1, 0.15) is 25.5 Å². The van der Waals surface area contributed by atoms with E-state index < -0.39 is 10.0 Å². The summed E-state index contributed by atoms with van der Waals surface area (Å²) in [6.07, 6.45) is 1.58. The second-order valence-corrected chi connectivity index (χ2v) is 7.60. The third-order valence-corrected chi connectivity index (χ3v) is 6.36. The predicted octanol–water partition coefficient (Wildman–Crippen LogP) is 1.95. The van der Waals surface area contributed by atoms with E-state index in [4.69, 9.17) is 9.15 Å². The van der Waals surface area contributed by atoms with E-state index in [-0.39, 0.29) is 15.7 Å². The number of rotatable bonds is 6. The average Bonchev–Trinajstić information content (AvgIpc) is 2.87. The molecule has 120 valence electrons.